The van der Waals surface area contributed by atoms with Gasteiger partial charge in [0.15, 0.2) is 0 Å². The molecule has 0 amide bonds. The number of rotatable bonds is 0. The summed E-state index contributed by atoms with van der Waals surface area (Å²) in [5.41, 5.74) is -0.417. The van der Waals surface area contributed by atoms with Gasteiger partial charge in [0, 0.05) is 6.54 Å². The number of aliphatic carboxylic acids is 1. The van der Waals surface area contributed by atoms with E-state index < -0.39 is 17.7 Å². The Balaban J connectivity index is 0.000000241. The van der Waals surface area contributed by atoms with Crippen LogP contribution < -0.4 is 5.32 Å². The molecular formula is C7H12F3NO3. The smallest absolute Gasteiger partial charge is 0.475 e. The zero-order chi connectivity index (χ0) is 11.4. The molecule has 0 aromatic rings. The third-order valence-electron chi connectivity index (χ3n) is 1.59. The van der Waals surface area contributed by atoms with Gasteiger partial charge in [-0.25, -0.2) is 4.79 Å². The van der Waals surface area contributed by atoms with Crippen LogP contribution in [0.15, 0.2) is 0 Å². The predicted octanol–water partition coefficient (Wildman–Crippen LogP) is 0.364. The quantitative estimate of drug-likeness (QED) is 0.545. The highest BCUT2D eigenvalue weighted by atomic mass is 19.4. The number of halogens is 3. The molecule has 0 aliphatic carbocycles. The summed E-state index contributed by atoms with van der Waals surface area (Å²) in [6.45, 7) is 3.58. The highest BCUT2D eigenvalue weighted by Gasteiger charge is 2.38. The first-order chi connectivity index (χ1) is 6.15. The Morgan fingerprint density at radius 1 is 1.50 bits per heavy atom. The zero-order valence-corrected chi connectivity index (χ0v) is 7.56. The van der Waals surface area contributed by atoms with E-state index in [1.54, 1.807) is 0 Å². The van der Waals surface area contributed by atoms with Crippen molar-refractivity contribution in [1.82, 2.24) is 5.32 Å². The molecule has 3 N–H and O–H groups in total. The van der Waals surface area contributed by atoms with Gasteiger partial charge in [0.1, 0.15) is 0 Å². The second-order valence-electron chi connectivity index (χ2n) is 3.23. The standard InChI is InChI=1S/C5H11NO.C2HF3O2/c1-5(7)2-3-6-4-5;3-2(4,5)1(6)7/h6-7H,2-4H2,1H3;(H,6,7). The molecule has 1 saturated heterocycles. The van der Waals surface area contributed by atoms with Gasteiger partial charge in [-0.1, -0.05) is 0 Å². The predicted molar refractivity (Wildman–Crippen MR) is 41.8 cm³/mol. The molecule has 1 aliphatic heterocycles. The van der Waals surface area contributed by atoms with Crippen LogP contribution in [0.3, 0.4) is 0 Å². The third kappa shape index (κ3) is 5.76. The van der Waals surface area contributed by atoms with Crippen LogP contribution in [0.1, 0.15) is 13.3 Å². The fourth-order valence-electron chi connectivity index (χ4n) is 0.804. The third-order valence-corrected chi connectivity index (χ3v) is 1.59. The second-order valence-corrected chi connectivity index (χ2v) is 3.23. The number of nitrogens with one attached hydrogen (secondary N) is 1. The minimum absolute atomic E-state index is 0.417. The van der Waals surface area contributed by atoms with Crippen molar-refractivity contribution in [3.05, 3.63) is 0 Å². The van der Waals surface area contributed by atoms with E-state index in [1.807, 2.05) is 6.92 Å². The fourth-order valence-corrected chi connectivity index (χ4v) is 0.804. The van der Waals surface area contributed by atoms with Crippen molar-refractivity contribution in [2.75, 3.05) is 13.1 Å². The maximum Gasteiger partial charge on any atom is 0.490 e. The first-order valence-electron chi connectivity index (χ1n) is 3.88. The summed E-state index contributed by atoms with van der Waals surface area (Å²) in [4.78, 5) is 8.90. The van der Waals surface area contributed by atoms with E-state index in [0.29, 0.717) is 0 Å². The lowest BCUT2D eigenvalue weighted by molar-refractivity contribution is -0.192. The van der Waals surface area contributed by atoms with Crippen LogP contribution in [0.25, 0.3) is 0 Å². The molecule has 84 valence electrons. The van der Waals surface area contributed by atoms with E-state index >= 15 is 0 Å². The Hall–Kier alpha value is -0.820. The average molecular weight is 215 g/mol. The van der Waals surface area contributed by atoms with Crippen molar-refractivity contribution in [1.29, 1.82) is 0 Å². The molecule has 0 aromatic carbocycles. The number of carbonyl (C=O) groups is 1. The zero-order valence-electron chi connectivity index (χ0n) is 7.56. The van der Waals surface area contributed by atoms with Gasteiger partial charge in [-0.2, -0.15) is 13.2 Å². The molecule has 1 rings (SSSR count). The molecule has 1 aliphatic rings. The van der Waals surface area contributed by atoms with Gasteiger partial charge >= 0.3 is 12.1 Å². The van der Waals surface area contributed by atoms with Gasteiger partial charge in [-0.3, -0.25) is 0 Å². The lowest BCUT2D eigenvalue weighted by Crippen LogP contribution is -2.26. The molecule has 1 heterocycles. The average Bonchev–Trinajstić information content (AvgIpc) is 2.33. The summed E-state index contributed by atoms with van der Waals surface area (Å²) in [5.74, 6) is -2.76. The molecule has 7 heteroatoms. The van der Waals surface area contributed by atoms with Crippen LogP contribution in [0.2, 0.25) is 0 Å². The van der Waals surface area contributed by atoms with Crippen molar-refractivity contribution in [3.8, 4) is 0 Å². The van der Waals surface area contributed by atoms with E-state index in [2.05, 4.69) is 5.32 Å². The highest BCUT2D eigenvalue weighted by Crippen LogP contribution is 2.13. The molecule has 1 fully saturated rings. The number of alkyl halides is 3. The van der Waals surface area contributed by atoms with E-state index in [4.69, 9.17) is 15.0 Å². The van der Waals surface area contributed by atoms with Crippen molar-refractivity contribution < 1.29 is 28.2 Å². The van der Waals surface area contributed by atoms with Crippen LogP contribution in [-0.2, 0) is 4.79 Å². The minimum Gasteiger partial charge on any atom is -0.475 e. The molecule has 1 atom stereocenters. The number of aliphatic hydroxyl groups is 1. The van der Waals surface area contributed by atoms with Gasteiger partial charge in [-0.05, 0) is 19.9 Å². The normalized spacial score (nSPS) is 26.6. The van der Waals surface area contributed by atoms with E-state index in [9.17, 15) is 13.2 Å². The Morgan fingerprint density at radius 2 is 1.93 bits per heavy atom. The number of hydrogen-bond acceptors (Lipinski definition) is 3. The largest absolute Gasteiger partial charge is 0.490 e. The molecule has 0 saturated carbocycles. The summed E-state index contributed by atoms with van der Waals surface area (Å²) >= 11 is 0. The molecule has 0 spiro atoms. The summed E-state index contributed by atoms with van der Waals surface area (Å²) < 4.78 is 31.7. The number of β-amino-alcohol motifs (C(OH)–C–C–N with tert-alkyl or cyclic N) is 1. The van der Waals surface area contributed by atoms with E-state index in [0.717, 1.165) is 19.5 Å². The van der Waals surface area contributed by atoms with Crippen LogP contribution in [0.4, 0.5) is 13.2 Å². The SMILES string of the molecule is CC1(O)CCNC1.O=C(O)C(F)(F)F. The first-order valence-corrected chi connectivity index (χ1v) is 3.88. The van der Waals surface area contributed by atoms with Gasteiger partial charge in [0.05, 0.1) is 5.60 Å². The highest BCUT2D eigenvalue weighted by molar-refractivity contribution is 5.73. The van der Waals surface area contributed by atoms with Crippen LogP contribution in [0.5, 0.6) is 0 Å². The van der Waals surface area contributed by atoms with Crippen molar-refractivity contribution in [2.24, 2.45) is 0 Å². The van der Waals surface area contributed by atoms with Crippen molar-refractivity contribution in [2.45, 2.75) is 25.1 Å². The number of hydrogen-bond donors (Lipinski definition) is 3. The van der Waals surface area contributed by atoms with Crippen LogP contribution in [0, 0.1) is 0 Å². The molecule has 1 unspecified atom stereocenters. The maximum absolute atomic E-state index is 10.6. The number of carboxylic acids is 1. The Kier molecular flexibility index (Phi) is 4.34. The maximum atomic E-state index is 10.6. The minimum atomic E-state index is -5.08. The topological polar surface area (TPSA) is 69.6 Å². The van der Waals surface area contributed by atoms with Crippen LogP contribution >= 0.6 is 0 Å². The van der Waals surface area contributed by atoms with E-state index in [1.165, 1.54) is 0 Å². The molecule has 14 heavy (non-hydrogen) atoms. The lowest BCUT2D eigenvalue weighted by atomic mass is 10.1. The molecule has 0 bridgehead atoms. The monoisotopic (exact) mass is 215 g/mol. The lowest BCUT2D eigenvalue weighted by Gasteiger charge is -2.11. The molecular weight excluding hydrogens is 203 g/mol. The Bertz CT molecular complexity index is 195. The molecule has 0 aromatic heterocycles. The Labute approximate surface area is 78.7 Å². The van der Waals surface area contributed by atoms with Crippen molar-refractivity contribution in [3.63, 3.8) is 0 Å². The van der Waals surface area contributed by atoms with Gasteiger partial charge < -0.3 is 15.5 Å². The summed E-state index contributed by atoms with van der Waals surface area (Å²) in [6.07, 6.45) is -4.19. The van der Waals surface area contributed by atoms with Gasteiger partial charge in [0.25, 0.3) is 0 Å². The van der Waals surface area contributed by atoms with E-state index in [-0.39, 0.29) is 0 Å². The summed E-state index contributed by atoms with van der Waals surface area (Å²) in [6, 6.07) is 0. The molecule has 4 nitrogen and oxygen atoms in total. The first kappa shape index (κ1) is 13.2. The number of carboxylic acid groups (broad SMARTS) is 1. The fraction of sp³-hybridized carbons (Fsp3) is 0.857. The van der Waals surface area contributed by atoms with Crippen molar-refractivity contribution >= 4 is 5.97 Å². The Morgan fingerprint density at radius 3 is 2.00 bits per heavy atom. The van der Waals surface area contributed by atoms with Crippen LogP contribution in [-0.4, -0.2) is 41.0 Å². The molecule has 0 radical (unpaired) electrons. The van der Waals surface area contributed by atoms with Gasteiger partial charge in [0.2, 0.25) is 0 Å². The second kappa shape index (κ2) is 4.61. The summed E-state index contributed by atoms with van der Waals surface area (Å²) in [7, 11) is 0. The summed E-state index contributed by atoms with van der Waals surface area (Å²) in [5, 5.41) is 19.3. The van der Waals surface area contributed by atoms with Gasteiger partial charge in [-0.15, -0.1) is 0 Å².